The molecular formula is C20H24FN3O2. The van der Waals surface area contributed by atoms with Crippen molar-refractivity contribution in [1.82, 2.24) is 14.8 Å². The second kappa shape index (κ2) is 7.93. The highest BCUT2D eigenvalue weighted by Gasteiger charge is 2.42. The van der Waals surface area contributed by atoms with E-state index >= 15 is 0 Å². The van der Waals surface area contributed by atoms with Crippen molar-refractivity contribution < 1.29 is 14.3 Å². The standard InChI is InChI=1S/C20H24FN3O2/c1-23(13-17-4-2-10-22-12-17)15-20(26)9-3-11-24(19(20)25)14-16-5-7-18(21)8-6-16/h2,4-8,10,12,26H,3,9,11,13-15H2,1H3. The number of aliphatic hydroxyl groups is 1. The Morgan fingerprint density at radius 2 is 2.04 bits per heavy atom. The molecule has 1 aliphatic rings. The number of benzene rings is 1. The van der Waals surface area contributed by atoms with E-state index in [1.807, 2.05) is 24.1 Å². The van der Waals surface area contributed by atoms with E-state index in [9.17, 15) is 14.3 Å². The monoisotopic (exact) mass is 357 g/mol. The Labute approximate surface area is 153 Å². The fraction of sp³-hybridized carbons (Fsp3) is 0.400. The van der Waals surface area contributed by atoms with Crippen LogP contribution in [0.3, 0.4) is 0 Å². The Bertz CT molecular complexity index is 738. The van der Waals surface area contributed by atoms with Gasteiger partial charge in [-0.3, -0.25) is 14.7 Å². The average molecular weight is 357 g/mol. The van der Waals surface area contributed by atoms with Gasteiger partial charge in [0.25, 0.3) is 5.91 Å². The number of amides is 1. The molecule has 1 aromatic heterocycles. The summed E-state index contributed by atoms with van der Waals surface area (Å²) in [5, 5.41) is 11.0. The molecule has 3 rings (SSSR count). The topological polar surface area (TPSA) is 56.7 Å². The third kappa shape index (κ3) is 4.45. The Morgan fingerprint density at radius 1 is 1.27 bits per heavy atom. The van der Waals surface area contributed by atoms with Crippen LogP contribution in [0.1, 0.15) is 24.0 Å². The van der Waals surface area contributed by atoms with Crippen LogP contribution in [0.25, 0.3) is 0 Å². The lowest BCUT2D eigenvalue weighted by molar-refractivity contribution is -0.160. The molecule has 2 heterocycles. The summed E-state index contributed by atoms with van der Waals surface area (Å²) in [5.41, 5.74) is 0.493. The van der Waals surface area contributed by atoms with E-state index in [1.54, 1.807) is 29.4 Å². The lowest BCUT2D eigenvalue weighted by atomic mass is 9.90. The zero-order valence-corrected chi connectivity index (χ0v) is 14.9. The Hall–Kier alpha value is -2.31. The summed E-state index contributed by atoms with van der Waals surface area (Å²) >= 11 is 0. The third-order valence-electron chi connectivity index (χ3n) is 4.70. The van der Waals surface area contributed by atoms with Crippen molar-refractivity contribution in [2.24, 2.45) is 0 Å². The first-order chi connectivity index (χ1) is 12.5. The van der Waals surface area contributed by atoms with E-state index in [1.165, 1.54) is 12.1 Å². The molecule has 138 valence electrons. The van der Waals surface area contributed by atoms with Crippen molar-refractivity contribution in [3.8, 4) is 0 Å². The van der Waals surface area contributed by atoms with Crippen LogP contribution in [0.5, 0.6) is 0 Å². The molecule has 0 bridgehead atoms. The minimum atomic E-state index is -1.39. The molecule has 0 saturated carbocycles. The Kier molecular flexibility index (Phi) is 5.64. The van der Waals surface area contributed by atoms with Crippen molar-refractivity contribution in [2.45, 2.75) is 31.5 Å². The SMILES string of the molecule is CN(Cc1cccnc1)CC1(O)CCCN(Cc2ccc(F)cc2)C1=O. The molecular weight excluding hydrogens is 333 g/mol. The van der Waals surface area contributed by atoms with Crippen LogP contribution in [-0.4, -0.2) is 51.5 Å². The minimum absolute atomic E-state index is 0.258. The molecule has 2 aromatic rings. The summed E-state index contributed by atoms with van der Waals surface area (Å²) in [6, 6.07) is 9.95. The van der Waals surface area contributed by atoms with E-state index in [0.29, 0.717) is 26.1 Å². The quantitative estimate of drug-likeness (QED) is 0.861. The zero-order valence-electron chi connectivity index (χ0n) is 14.9. The number of halogens is 1. The number of aromatic nitrogens is 1. The van der Waals surface area contributed by atoms with E-state index in [2.05, 4.69) is 4.98 Å². The van der Waals surface area contributed by atoms with Gasteiger partial charge in [-0.2, -0.15) is 0 Å². The van der Waals surface area contributed by atoms with Gasteiger partial charge in [-0.15, -0.1) is 0 Å². The summed E-state index contributed by atoms with van der Waals surface area (Å²) in [6.07, 6.45) is 4.69. The second-order valence-corrected chi connectivity index (χ2v) is 7.02. The number of nitrogens with zero attached hydrogens (tertiary/aromatic N) is 3. The minimum Gasteiger partial charge on any atom is -0.379 e. The maximum Gasteiger partial charge on any atom is 0.256 e. The largest absolute Gasteiger partial charge is 0.379 e. The predicted molar refractivity (Wildman–Crippen MR) is 96.6 cm³/mol. The van der Waals surface area contributed by atoms with Crippen molar-refractivity contribution in [3.05, 3.63) is 65.7 Å². The van der Waals surface area contributed by atoms with Gasteiger partial charge in [-0.1, -0.05) is 18.2 Å². The molecule has 1 aliphatic heterocycles. The molecule has 1 amide bonds. The molecule has 0 spiro atoms. The Balaban J connectivity index is 1.64. The molecule has 1 N–H and O–H groups in total. The summed E-state index contributed by atoms with van der Waals surface area (Å²) < 4.78 is 13.1. The fourth-order valence-corrected chi connectivity index (χ4v) is 3.48. The van der Waals surface area contributed by atoms with Gasteiger partial charge in [0.15, 0.2) is 5.60 Å². The molecule has 0 radical (unpaired) electrons. The number of carbonyl (C=O) groups is 1. The second-order valence-electron chi connectivity index (χ2n) is 7.02. The molecule has 6 heteroatoms. The first-order valence-electron chi connectivity index (χ1n) is 8.80. The molecule has 26 heavy (non-hydrogen) atoms. The fourth-order valence-electron chi connectivity index (χ4n) is 3.48. The first kappa shape index (κ1) is 18.5. The van der Waals surface area contributed by atoms with Crippen LogP contribution in [0.4, 0.5) is 4.39 Å². The van der Waals surface area contributed by atoms with Gasteiger partial charge >= 0.3 is 0 Å². The molecule has 1 aromatic carbocycles. The van der Waals surface area contributed by atoms with Crippen LogP contribution in [0.2, 0.25) is 0 Å². The van der Waals surface area contributed by atoms with Crippen LogP contribution < -0.4 is 0 Å². The smallest absolute Gasteiger partial charge is 0.256 e. The number of hydrogen-bond acceptors (Lipinski definition) is 4. The number of pyridine rings is 1. The van der Waals surface area contributed by atoms with Gasteiger partial charge in [0.2, 0.25) is 0 Å². The highest BCUT2D eigenvalue weighted by molar-refractivity contribution is 5.86. The van der Waals surface area contributed by atoms with Gasteiger partial charge in [0, 0.05) is 38.6 Å². The summed E-state index contributed by atoms with van der Waals surface area (Å²) in [6.45, 7) is 1.86. The molecule has 0 aliphatic carbocycles. The van der Waals surface area contributed by atoms with Gasteiger partial charge in [0.05, 0.1) is 0 Å². The maximum absolute atomic E-state index is 13.1. The zero-order chi connectivity index (χ0) is 18.6. The lowest BCUT2D eigenvalue weighted by Crippen LogP contribution is -2.57. The molecule has 1 unspecified atom stereocenters. The average Bonchev–Trinajstić information content (AvgIpc) is 2.62. The van der Waals surface area contributed by atoms with E-state index < -0.39 is 5.60 Å². The van der Waals surface area contributed by atoms with Gasteiger partial charge in [-0.05, 0) is 49.2 Å². The van der Waals surface area contributed by atoms with E-state index in [4.69, 9.17) is 0 Å². The number of hydrogen-bond donors (Lipinski definition) is 1. The van der Waals surface area contributed by atoms with Crippen molar-refractivity contribution in [3.63, 3.8) is 0 Å². The van der Waals surface area contributed by atoms with E-state index in [0.717, 1.165) is 17.5 Å². The highest BCUT2D eigenvalue weighted by Crippen LogP contribution is 2.25. The number of likely N-dealkylation sites (tertiary alicyclic amines) is 1. The van der Waals surface area contributed by atoms with Crippen LogP contribution in [0.15, 0.2) is 48.8 Å². The number of rotatable bonds is 6. The van der Waals surface area contributed by atoms with Gasteiger partial charge in [-0.25, -0.2) is 4.39 Å². The summed E-state index contributed by atoms with van der Waals surface area (Å²) in [7, 11) is 1.89. The molecule has 1 atom stereocenters. The molecule has 1 saturated heterocycles. The predicted octanol–water partition coefficient (Wildman–Crippen LogP) is 2.21. The summed E-state index contributed by atoms with van der Waals surface area (Å²) in [5.74, 6) is -0.557. The maximum atomic E-state index is 13.1. The van der Waals surface area contributed by atoms with Crippen molar-refractivity contribution >= 4 is 5.91 Å². The highest BCUT2D eigenvalue weighted by atomic mass is 19.1. The van der Waals surface area contributed by atoms with Crippen LogP contribution in [0, 0.1) is 5.82 Å². The first-order valence-corrected chi connectivity index (χ1v) is 8.80. The summed E-state index contributed by atoms with van der Waals surface area (Å²) in [4.78, 5) is 20.6. The van der Waals surface area contributed by atoms with Crippen molar-refractivity contribution in [2.75, 3.05) is 20.1 Å². The van der Waals surface area contributed by atoms with Gasteiger partial charge < -0.3 is 10.0 Å². The lowest BCUT2D eigenvalue weighted by Gasteiger charge is -2.40. The number of likely N-dealkylation sites (N-methyl/N-ethyl adjacent to an activating group) is 1. The molecule has 5 nitrogen and oxygen atoms in total. The van der Waals surface area contributed by atoms with Crippen LogP contribution in [-0.2, 0) is 17.9 Å². The Morgan fingerprint density at radius 3 is 2.73 bits per heavy atom. The number of piperidine rings is 1. The number of carbonyl (C=O) groups excluding carboxylic acids is 1. The normalized spacial score (nSPS) is 20.6. The van der Waals surface area contributed by atoms with E-state index in [-0.39, 0.29) is 18.3 Å². The van der Waals surface area contributed by atoms with Crippen LogP contribution >= 0.6 is 0 Å². The van der Waals surface area contributed by atoms with Crippen molar-refractivity contribution in [1.29, 1.82) is 0 Å². The third-order valence-corrected chi connectivity index (χ3v) is 4.70. The molecule has 1 fully saturated rings. The van der Waals surface area contributed by atoms with Gasteiger partial charge in [0.1, 0.15) is 5.82 Å².